The van der Waals surface area contributed by atoms with Gasteiger partial charge in [0.15, 0.2) is 5.65 Å². The van der Waals surface area contributed by atoms with Crippen molar-refractivity contribution >= 4 is 22.7 Å². The van der Waals surface area contributed by atoms with Gasteiger partial charge in [0.1, 0.15) is 23.0 Å². The summed E-state index contributed by atoms with van der Waals surface area (Å²) in [5.41, 5.74) is 10.3. The second-order valence-corrected chi connectivity index (χ2v) is 8.72. The maximum absolute atomic E-state index is 15.3. The molecule has 8 heteroatoms. The molecule has 0 saturated carbocycles. The fraction of sp³-hybridized carbons (Fsp3) is 0.292. The van der Waals surface area contributed by atoms with Gasteiger partial charge in [0.05, 0.1) is 17.1 Å². The number of halogens is 1. The average Bonchev–Trinajstić information content (AvgIpc) is 3.45. The predicted octanol–water partition coefficient (Wildman–Crippen LogP) is 3.17. The van der Waals surface area contributed by atoms with Crippen molar-refractivity contribution < 1.29 is 4.39 Å². The second kappa shape index (κ2) is 7.27. The molecular formula is C24H24FN7. The van der Waals surface area contributed by atoms with Crippen LogP contribution in [0.25, 0.3) is 28.1 Å². The van der Waals surface area contributed by atoms with Gasteiger partial charge in [-0.05, 0) is 55.2 Å². The lowest BCUT2D eigenvalue weighted by molar-refractivity contribution is 0.533. The largest absolute Gasteiger partial charge is 0.384 e. The Bertz CT molecular complexity index is 1320. The van der Waals surface area contributed by atoms with Gasteiger partial charge in [-0.3, -0.25) is 4.57 Å². The smallest absolute Gasteiger partial charge is 0.165 e. The second-order valence-electron chi connectivity index (χ2n) is 8.72. The van der Waals surface area contributed by atoms with Crippen LogP contribution in [-0.4, -0.2) is 45.7 Å². The van der Waals surface area contributed by atoms with Crippen LogP contribution in [0.1, 0.15) is 5.82 Å². The van der Waals surface area contributed by atoms with Crippen LogP contribution < -0.4 is 16.0 Å². The van der Waals surface area contributed by atoms with Gasteiger partial charge in [-0.2, -0.15) is 0 Å². The fourth-order valence-electron chi connectivity index (χ4n) is 5.09. The van der Waals surface area contributed by atoms with Crippen molar-refractivity contribution in [2.75, 3.05) is 36.8 Å². The van der Waals surface area contributed by atoms with E-state index in [1.807, 2.05) is 41.8 Å². The van der Waals surface area contributed by atoms with Crippen molar-refractivity contribution in [1.29, 1.82) is 0 Å². The van der Waals surface area contributed by atoms with Crippen LogP contribution in [0.2, 0.25) is 0 Å². The number of nitrogens with one attached hydrogen (secondary N) is 1. The van der Waals surface area contributed by atoms with Crippen LogP contribution in [0.15, 0.2) is 48.7 Å². The molecule has 6 rings (SSSR count). The highest BCUT2D eigenvalue weighted by molar-refractivity contribution is 5.78. The molecule has 162 valence electrons. The van der Waals surface area contributed by atoms with Crippen molar-refractivity contribution in [3.8, 4) is 16.9 Å². The molecule has 0 radical (unpaired) electrons. The van der Waals surface area contributed by atoms with E-state index in [0.29, 0.717) is 34.7 Å². The lowest BCUT2D eigenvalue weighted by atomic mass is 10.0. The van der Waals surface area contributed by atoms with E-state index >= 15 is 4.39 Å². The van der Waals surface area contributed by atoms with Crippen LogP contribution in [0, 0.1) is 24.6 Å². The first kappa shape index (κ1) is 19.2. The lowest BCUT2D eigenvalue weighted by Gasteiger charge is -2.21. The first-order chi connectivity index (χ1) is 15.6. The predicted molar refractivity (Wildman–Crippen MR) is 123 cm³/mol. The van der Waals surface area contributed by atoms with Crippen LogP contribution in [-0.2, 0) is 0 Å². The summed E-state index contributed by atoms with van der Waals surface area (Å²) in [7, 11) is 0. The molecule has 7 nitrogen and oxygen atoms in total. The Labute approximate surface area is 185 Å². The van der Waals surface area contributed by atoms with E-state index in [1.54, 1.807) is 18.3 Å². The zero-order chi connectivity index (χ0) is 21.8. The molecule has 2 atom stereocenters. The molecule has 3 aromatic heterocycles. The number of hydrogen-bond donors (Lipinski definition) is 2. The molecular weight excluding hydrogens is 405 g/mol. The number of rotatable bonds is 3. The Morgan fingerprint density at radius 2 is 1.84 bits per heavy atom. The van der Waals surface area contributed by atoms with E-state index in [-0.39, 0.29) is 5.82 Å². The van der Waals surface area contributed by atoms with Crippen molar-refractivity contribution in [3.63, 3.8) is 0 Å². The SMILES string of the molecule is Cc1nc2ccc(-c3ccnc(N)c3)nc2n1-c1ccc(N2CC3CNCC3C2)c(F)c1. The normalized spacial score (nSPS) is 20.2. The molecule has 0 aliphatic carbocycles. The molecule has 2 saturated heterocycles. The monoisotopic (exact) mass is 429 g/mol. The van der Waals surface area contributed by atoms with Crippen LogP contribution in [0.3, 0.4) is 0 Å². The van der Waals surface area contributed by atoms with Crippen molar-refractivity contribution in [1.82, 2.24) is 24.8 Å². The summed E-state index contributed by atoms with van der Waals surface area (Å²) in [5.74, 6) is 2.20. The molecule has 0 amide bonds. The number of pyridine rings is 2. The van der Waals surface area contributed by atoms with E-state index in [4.69, 9.17) is 10.7 Å². The fourth-order valence-corrected chi connectivity index (χ4v) is 5.09. The Kier molecular flexibility index (Phi) is 4.36. The number of nitrogens with two attached hydrogens (primary N) is 1. The highest BCUT2D eigenvalue weighted by Crippen LogP contribution is 2.33. The average molecular weight is 430 g/mol. The Morgan fingerprint density at radius 3 is 2.59 bits per heavy atom. The van der Waals surface area contributed by atoms with Gasteiger partial charge in [0.2, 0.25) is 0 Å². The number of nitrogens with zero attached hydrogens (tertiary/aromatic N) is 5. The maximum atomic E-state index is 15.3. The Morgan fingerprint density at radius 1 is 1.03 bits per heavy atom. The number of benzene rings is 1. The number of imidazole rings is 1. The topological polar surface area (TPSA) is 84.9 Å². The van der Waals surface area contributed by atoms with E-state index in [2.05, 4.69) is 20.2 Å². The molecule has 0 bridgehead atoms. The highest BCUT2D eigenvalue weighted by Gasteiger charge is 2.36. The number of nitrogen functional groups attached to an aromatic ring is 1. The van der Waals surface area contributed by atoms with Gasteiger partial charge in [0.25, 0.3) is 0 Å². The number of fused-ring (bicyclic) bond motifs is 2. The van der Waals surface area contributed by atoms with Gasteiger partial charge in [-0.25, -0.2) is 19.3 Å². The maximum Gasteiger partial charge on any atom is 0.165 e. The molecule has 2 aliphatic heterocycles. The Balaban J connectivity index is 1.39. The summed E-state index contributed by atoms with van der Waals surface area (Å²) in [6, 6.07) is 12.9. The van der Waals surface area contributed by atoms with Crippen molar-refractivity contribution in [3.05, 3.63) is 60.3 Å². The molecule has 2 fully saturated rings. The number of hydrogen-bond acceptors (Lipinski definition) is 6. The summed E-state index contributed by atoms with van der Waals surface area (Å²) in [6.45, 7) is 5.77. The first-order valence-corrected chi connectivity index (χ1v) is 10.9. The van der Waals surface area contributed by atoms with Gasteiger partial charge in [0, 0.05) is 44.0 Å². The summed E-state index contributed by atoms with van der Waals surface area (Å²) in [5, 5.41) is 3.43. The van der Waals surface area contributed by atoms with Gasteiger partial charge >= 0.3 is 0 Å². The Hall–Kier alpha value is -3.52. The standard InChI is InChI=1S/C24H24FN7/c1-14-29-21-4-3-20(15-6-7-28-23(26)8-15)30-24(21)32(14)18-2-5-22(19(25)9-18)31-12-16-10-27-11-17(16)13-31/h2-9,16-17,27H,10-13H2,1H3,(H2,26,28). The minimum Gasteiger partial charge on any atom is -0.384 e. The minimum absolute atomic E-state index is 0.213. The van der Waals surface area contributed by atoms with Crippen LogP contribution in [0.5, 0.6) is 0 Å². The van der Waals surface area contributed by atoms with Crippen LogP contribution in [0.4, 0.5) is 15.9 Å². The number of anilines is 2. The van der Waals surface area contributed by atoms with Gasteiger partial charge in [-0.1, -0.05) is 0 Å². The summed E-state index contributed by atoms with van der Waals surface area (Å²) < 4.78 is 17.2. The van der Waals surface area contributed by atoms with Gasteiger partial charge < -0.3 is 16.0 Å². The molecule has 1 aromatic carbocycles. The molecule has 4 aromatic rings. The molecule has 2 aliphatic rings. The van der Waals surface area contributed by atoms with E-state index < -0.39 is 0 Å². The molecule has 5 heterocycles. The van der Waals surface area contributed by atoms with Gasteiger partial charge in [-0.15, -0.1) is 0 Å². The summed E-state index contributed by atoms with van der Waals surface area (Å²) in [6.07, 6.45) is 1.66. The summed E-state index contributed by atoms with van der Waals surface area (Å²) >= 11 is 0. The minimum atomic E-state index is -0.213. The molecule has 3 N–H and O–H groups in total. The quantitative estimate of drug-likeness (QED) is 0.520. The zero-order valence-corrected chi connectivity index (χ0v) is 17.8. The lowest BCUT2D eigenvalue weighted by Crippen LogP contribution is -2.26. The molecule has 0 spiro atoms. The summed E-state index contributed by atoms with van der Waals surface area (Å²) in [4.78, 5) is 15.7. The number of aryl methyl sites for hydroxylation is 1. The van der Waals surface area contributed by atoms with E-state index in [0.717, 1.165) is 48.8 Å². The third-order valence-corrected chi connectivity index (χ3v) is 6.67. The molecule has 32 heavy (non-hydrogen) atoms. The van der Waals surface area contributed by atoms with Crippen LogP contribution >= 0.6 is 0 Å². The van der Waals surface area contributed by atoms with Crippen molar-refractivity contribution in [2.24, 2.45) is 11.8 Å². The third kappa shape index (κ3) is 3.10. The van der Waals surface area contributed by atoms with Crippen molar-refractivity contribution in [2.45, 2.75) is 6.92 Å². The third-order valence-electron chi connectivity index (χ3n) is 6.67. The van der Waals surface area contributed by atoms with E-state index in [1.165, 1.54) is 0 Å². The highest BCUT2D eigenvalue weighted by atomic mass is 19.1. The molecule has 2 unspecified atom stereocenters. The van der Waals surface area contributed by atoms with E-state index in [9.17, 15) is 0 Å². The number of aromatic nitrogens is 4. The zero-order valence-electron chi connectivity index (χ0n) is 17.8. The first-order valence-electron chi connectivity index (χ1n) is 10.9.